The lowest BCUT2D eigenvalue weighted by Gasteiger charge is -2.38. The Kier molecular flexibility index (Phi) is 8.70. The summed E-state index contributed by atoms with van der Waals surface area (Å²) < 4.78 is 30.2. The third-order valence-electron chi connectivity index (χ3n) is 5.81. The van der Waals surface area contributed by atoms with Gasteiger partial charge < -0.3 is 24.8 Å². The molecule has 0 aliphatic carbocycles. The van der Waals surface area contributed by atoms with Crippen LogP contribution in [0.15, 0.2) is 29.3 Å². The standard InChI is InChI=1S/C22H34FN3O3/c1-24-21(25-11-3-12-28-16-20-4-2-13-29-20)26-17-22(9-14-27-15-10-22)18-5-7-19(23)8-6-18/h5-8,20H,2-4,9-17H2,1H3,(H2,24,25,26). The highest BCUT2D eigenvalue weighted by atomic mass is 19.1. The number of aliphatic imine (C=N–C) groups is 1. The van der Waals surface area contributed by atoms with Gasteiger partial charge in [-0.2, -0.15) is 0 Å². The van der Waals surface area contributed by atoms with E-state index in [0.717, 1.165) is 63.3 Å². The molecule has 2 fully saturated rings. The number of ether oxygens (including phenoxy) is 3. The van der Waals surface area contributed by atoms with E-state index in [1.54, 1.807) is 7.05 Å². The van der Waals surface area contributed by atoms with Gasteiger partial charge >= 0.3 is 0 Å². The molecule has 1 unspecified atom stereocenters. The number of benzene rings is 1. The van der Waals surface area contributed by atoms with Gasteiger partial charge in [0.25, 0.3) is 0 Å². The molecule has 0 spiro atoms. The zero-order valence-electron chi connectivity index (χ0n) is 17.4. The molecule has 0 bridgehead atoms. The topological polar surface area (TPSA) is 64.1 Å². The summed E-state index contributed by atoms with van der Waals surface area (Å²) in [6.07, 6.45) is 5.24. The normalized spacial score (nSPS) is 21.9. The van der Waals surface area contributed by atoms with E-state index in [1.807, 2.05) is 12.1 Å². The van der Waals surface area contributed by atoms with Crippen molar-refractivity contribution in [1.82, 2.24) is 10.6 Å². The number of hydrogen-bond acceptors (Lipinski definition) is 4. The van der Waals surface area contributed by atoms with Gasteiger partial charge in [0, 0.05) is 52.0 Å². The molecule has 29 heavy (non-hydrogen) atoms. The van der Waals surface area contributed by atoms with Crippen molar-refractivity contribution < 1.29 is 18.6 Å². The first-order valence-corrected chi connectivity index (χ1v) is 10.7. The summed E-state index contributed by atoms with van der Waals surface area (Å²) in [7, 11) is 1.78. The summed E-state index contributed by atoms with van der Waals surface area (Å²) in [4.78, 5) is 4.33. The summed E-state index contributed by atoms with van der Waals surface area (Å²) >= 11 is 0. The maximum absolute atomic E-state index is 13.4. The summed E-state index contributed by atoms with van der Waals surface area (Å²) in [5, 5.41) is 6.81. The van der Waals surface area contributed by atoms with Crippen molar-refractivity contribution in [3.05, 3.63) is 35.6 Å². The summed E-state index contributed by atoms with van der Waals surface area (Å²) in [5.41, 5.74) is 1.07. The van der Waals surface area contributed by atoms with Crippen LogP contribution >= 0.6 is 0 Å². The molecule has 0 aromatic heterocycles. The first-order chi connectivity index (χ1) is 14.2. The van der Waals surface area contributed by atoms with Gasteiger partial charge in [-0.25, -0.2) is 4.39 Å². The molecular formula is C22H34FN3O3. The van der Waals surface area contributed by atoms with Crippen LogP contribution in [-0.2, 0) is 19.6 Å². The van der Waals surface area contributed by atoms with Crippen molar-refractivity contribution in [2.75, 3.05) is 53.2 Å². The largest absolute Gasteiger partial charge is 0.381 e. The molecule has 0 radical (unpaired) electrons. The Morgan fingerprint density at radius 3 is 2.69 bits per heavy atom. The van der Waals surface area contributed by atoms with E-state index in [2.05, 4.69) is 15.6 Å². The predicted octanol–water partition coefficient (Wildman–Crippen LogP) is 2.62. The lowest BCUT2D eigenvalue weighted by atomic mass is 9.74. The van der Waals surface area contributed by atoms with Crippen molar-refractivity contribution in [2.45, 2.75) is 43.6 Å². The lowest BCUT2D eigenvalue weighted by molar-refractivity contribution is 0.0168. The van der Waals surface area contributed by atoms with E-state index in [1.165, 1.54) is 12.1 Å². The van der Waals surface area contributed by atoms with Gasteiger partial charge in [-0.3, -0.25) is 4.99 Å². The third-order valence-corrected chi connectivity index (χ3v) is 5.81. The fourth-order valence-electron chi connectivity index (χ4n) is 3.98. The average molecular weight is 408 g/mol. The minimum Gasteiger partial charge on any atom is -0.381 e. The highest BCUT2D eigenvalue weighted by molar-refractivity contribution is 5.79. The molecule has 0 saturated carbocycles. The van der Waals surface area contributed by atoms with Gasteiger partial charge in [-0.1, -0.05) is 12.1 Å². The van der Waals surface area contributed by atoms with Gasteiger partial charge in [-0.05, 0) is 49.8 Å². The average Bonchev–Trinajstić information content (AvgIpc) is 3.27. The molecule has 0 amide bonds. The van der Waals surface area contributed by atoms with E-state index in [-0.39, 0.29) is 17.3 Å². The predicted molar refractivity (Wildman–Crippen MR) is 112 cm³/mol. The second-order valence-corrected chi connectivity index (χ2v) is 7.82. The third kappa shape index (κ3) is 6.66. The van der Waals surface area contributed by atoms with Crippen molar-refractivity contribution in [1.29, 1.82) is 0 Å². The molecule has 162 valence electrons. The van der Waals surface area contributed by atoms with Crippen LogP contribution in [0.25, 0.3) is 0 Å². The van der Waals surface area contributed by atoms with Crippen molar-refractivity contribution in [3.63, 3.8) is 0 Å². The first kappa shape index (κ1) is 22.0. The highest BCUT2D eigenvalue weighted by Crippen LogP contribution is 2.34. The summed E-state index contributed by atoms with van der Waals surface area (Å²) in [6, 6.07) is 6.86. The van der Waals surface area contributed by atoms with Crippen LogP contribution in [0.4, 0.5) is 4.39 Å². The second-order valence-electron chi connectivity index (χ2n) is 7.82. The smallest absolute Gasteiger partial charge is 0.191 e. The highest BCUT2D eigenvalue weighted by Gasteiger charge is 2.34. The lowest BCUT2D eigenvalue weighted by Crippen LogP contribution is -2.48. The molecular weight excluding hydrogens is 373 g/mol. The number of guanidine groups is 1. The van der Waals surface area contributed by atoms with Gasteiger partial charge in [0.2, 0.25) is 0 Å². The number of nitrogens with one attached hydrogen (secondary N) is 2. The number of hydrogen-bond donors (Lipinski definition) is 2. The molecule has 7 heteroatoms. The van der Waals surface area contributed by atoms with E-state index < -0.39 is 0 Å². The molecule has 3 rings (SSSR count). The number of halogens is 1. The van der Waals surface area contributed by atoms with Crippen LogP contribution in [0, 0.1) is 5.82 Å². The SMILES string of the molecule is CN=C(NCCCOCC1CCCO1)NCC1(c2ccc(F)cc2)CCOCC1. The fourth-order valence-corrected chi connectivity index (χ4v) is 3.98. The quantitative estimate of drug-likeness (QED) is 0.374. The van der Waals surface area contributed by atoms with Crippen molar-refractivity contribution >= 4 is 5.96 Å². The van der Waals surface area contributed by atoms with Gasteiger partial charge in [0.15, 0.2) is 5.96 Å². The van der Waals surface area contributed by atoms with Gasteiger partial charge in [0.1, 0.15) is 5.82 Å². The van der Waals surface area contributed by atoms with E-state index in [0.29, 0.717) is 26.4 Å². The van der Waals surface area contributed by atoms with E-state index in [9.17, 15) is 4.39 Å². The van der Waals surface area contributed by atoms with Crippen LogP contribution in [0.3, 0.4) is 0 Å². The number of nitrogens with zero attached hydrogens (tertiary/aromatic N) is 1. The van der Waals surface area contributed by atoms with Crippen LogP contribution < -0.4 is 10.6 Å². The minimum absolute atomic E-state index is 0.0754. The maximum atomic E-state index is 13.4. The van der Waals surface area contributed by atoms with Gasteiger partial charge in [-0.15, -0.1) is 0 Å². The zero-order chi connectivity index (χ0) is 20.4. The minimum atomic E-state index is -0.205. The van der Waals surface area contributed by atoms with Crippen LogP contribution in [0.1, 0.15) is 37.7 Å². The molecule has 2 aliphatic heterocycles. The van der Waals surface area contributed by atoms with Crippen molar-refractivity contribution in [2.24, 2.45) is 4.99 Å². The maximum Gasteiger partial charge on any atom is 0.191 e. The van der Waals surface area contributed by atoms with E-state index >= 15 is 0 Å². The molecule has 2 N–H and O–H groups in total. The molecule has 2 saturated heterocycles. The Bertz CT molecular complexity index is 627. The van der Waals surface area contributed by atoms with Gasteiger partial charge in [0.05, 0.1) is 12.7 Å². The molecule has 6 nitrogen and oxygen atoms in total. The summed E-state index contributed by atoms with van der Waals surface area (Å²) in [6.45, 7) is 5.22. The Hall–Kier alpha value is -1.70. The molecule has 1 aromatic carbocycles. The molecule has 1 aromatic rings. The Morgan fingerprint density at radius 2 is 2.00 bits per heavy atom. The Morgan fingerprint density at radius 1 is 1.21 bits per heavy atom. The van der Waals surface area contributed by atoms with E-state index in [4.69, 9.17) is 14.2 Å². The molecule has 1 atom stereocenters. The van der Waals surface area contributed by atoms with Crippen LogP contribution in [0.2, 0.25) is 0 Å². The van der Waals surface area contributed by atoms with Crippen LogP contribution in [-0.4, -0.2) is 65.2 Å². The molecule has 2 aliphatic rings. The Labute approximate surface area is 173 Å². The number of rotatable bonds is 9. The monoisotopic (exact) mass is 407 g/mol. The summed E-state index contributed by atoms with van der Waals surface area (Å²) in [5.74, 6) is 0.570. The van der Waals surface area contributed by atoms with Crippen molar-refractivity contribution in [3.8, 4) is 0 Å². The molecule has 2 heterocycles. The first-order valence-electron chi connectivity index (χ1n) is 10.7. The Balaban J connectivity index is 1.42. The van der Waals surface area contributed by atoms with Crippen LogP contribution in [0.5, 0.6) is 0 Å². The fraction of sp³-hybridized carbons (Fsp3) is 0.682. The second kappa shape index (κ2) is 11.5. The zero-order valence-corrected chi connectivity index (χ0v) is 17.4.